The van der Waals surface area contributed by atoms with Crippen molar-refractivity contribution < 1.29 is 13.6 Å². The summed E-state index contributed by atoms with van der Waals surface area (Å²) >= 11 is -2.16. The van der Waals surface area contributed by atoms with Crippen molar-refractivity contribution in [3.05, 3.63) is 0 Å². The van der Waals surface area contributed by atoms with Gasteiger partial charge in [0, 0.05) is 0 Å². The summed E-state index contributed by atoms with van der Waals surface area (Å²) in [5.74, 6) is 0.0952. The highest BCUT2D eigenvalue weighted by molar-refractivity contribution is 7.80. The Morgan fingerprint density at radius 3 is 2.28 bits per heavy atom. The van der Waals surface area contributed by atoms with E-state index < -0.39 is 22.2 Å². The first-order chi connectivity index (χ1) is 8.43. The first-order valence-corrected chi connectivity index (χ1v) is 7.99. The average Bonchev–Trinajstić information content (AvgIpc) is 2.27. The molecule has 0 radical (unpaired) electrons. The summed E-state index contributed by atoms with van der Waals surface area (Å²) in [6.45, 7) is 4.16. The van der Waals surface area contributed by atoms with E-state index in [9.17, 15) is 13.6 Å². The number of nitrogens with two attached hydrogens (primary N) is 1. The van der Waals surface area contributed by atoms with Gasteiger partial charge in [0.15, 0.2) is 11.1 Å². The number of hydrogen-bond acceptors (Lipinski definition) is 2. The van der Waals surface area contributed by atoms with Crippen molar-refractivity contribution in [3.63, 3.8) is 0 Å². The van der Waals surface area contributed by atoms with Crippen LogP contribution in [-0.2, 0) is 15.9 Å². The smallest absolute Gasteiger partial charge is 0.235 e. The quantitative estimate of drug-likeness (QED) is 0.730. The van der Waals surface area contributed by atoms with Gasteiger partial charge >= 0.3 is 0 Å². The van der Waals surface area contributed by atoms with Gasteiger partial charge in [0.25, 0.3) is 0 Å². The Morgan fingerprint density at radius 2 is 1.89 bits per heavy atom. The monoisotopic (exact) mass is 275 g/mol. The van der Waals surface area contributed by atoms with Crippen LogP contribution in [0.25, 0.3) is 0 Å². The van der Waals surface area contributed by atoms with Crippen LogP contribution in [0.3, 0.4) is 0 Å². The largest absolute Gasteiger partial charge is 0.369 e. The number of carbonyl (C=O) groups excluding carboxylic acids is 1. The molecule has 0 heterocycles. The van der Waals surface area contributed by atoms with Crippen molar-refractivity contribution in [3.8, 4) is 0 Å². The molecule has 1 fully saturated rings. The highest BCUT2D eigenvalue weighted by Gasteiger charge is 2.37. The molecular formula is C13H25NO3S. The van der Waals surface area contributed by atoms with Gasteiger partial charge in [0.1, 0.15) is 5.25 Å². The predicted octanol–water partition coefficient (Wildman–Crippen LogP) is 2.30. The van der Waals surface area contributed by atoms with E-state index in [0.717, 1.165) is 32.1 Å². The zero-order valence-electron chi connectivity index (χ0n) is 11.3. The average molecular weight is 275 g/mol. The molecule has 0 saturated heterocycles. The zero-order chi connectivity index (χ0) is 13.7. The van der Waals surface area contributed by atoms with E-state index in [4.69, 9.17) is 5.73 Å². The molecule has 1 rings (SSSR count). The molecule has 4 nitrogen and oxygen atoms in total. The van der Waals surface area contributed by atoms with E-state index in [1.165, 1.54) is 6.42 Å². The molecule has 0 spiro atoms. The third-order valence-corrected chi connectivity index (χ3v) is 4.90. The van der Waals surface area contributed by atoms with Crippen LogP contribution in [0.2, 0.25) is 0 Å². The van der Waals surface area contributed by atoms with Gasteiger partial charge in [0.05, 0.1) is 0 Å². The van der Waals surface area contributed by atoms with Gasteiger partial charge in [0.2, 0.25) is 5.91 Å². The standard InChI is InChI=1S/C13H25NO3S/c1-9(2)8-11(10-6-4-3-5-7-10)12(13(14)15)18(16)17/h9-12H,3-8H2,1-2H3,(H2,14,15)(H,16,17). The first kappa shape index (κ1) is 15.6. The van der Waals surface area contributed by atoms with Crippen LogP contribution < -0.4 is 5.73 Å². The van der Waals surface area contributed by atoms with E-state index in [0.29, 0.717) is 11.8 Å². The van der Waals surface area contributed by atoms with Crippen molar-refractivity contribution in [2.45, 2.75) is 57.6 Å². The lowest BCUT2D eigenvalue weighted by Gasteiger charge is -2.34. The Bertz CT molecular complexity index is 287. The molecule has 1 saturated carbocycles. The van der Waals surface area contributed by atoms with Crippen molar-refractivity contribution in [2.75, 3.05) is 0 Å². The van der Waals surface area contributed by atoms with Crippen LogP contribution in [0.5, 0.6) is 0 Å². The summed E-state index contributed by atoms with van der Waals surface area (Å²) in [5.41, 5.74) is 5.33. The van der Waals surface area contributed by atoms with Crippen molar-refractivity contribution in [1.29, 1.82) is 0 Å². The molecule has 106 valence electrons. The predicted molar refractivity (Wildman–Crippen MR) is 73.3 cm³/mol. The molecule has 0 aromatic rings. The second kappa shape index (κ2) is 7.24. The van der Waals surface area contributed by atoms with E-state index in [-0.39, 0.29) is 5.92 Å². The number of carbonyl (C=O) groups is 1. The maximum absolute atomic E-state index is 11.5. The Labute approximate surface area is 112 Å². The van der Waals surface area contributed by atoms with Gasteiger partial charge in [-0.1, -0.05) is 46.0 Å². The Morgan fingerprint density at radius 1 is 1.33 bits per heavy atom. The molecule has 18 heavy (non-hydrogen) atoms. The van der Waals surface area contributed by atoms with E-state index in [2.05, 4.69) is 13.8 Å². The number of amides is 1. The normalized spacial score (nSPS) is 22.7. The van der Waals surface area contributed by atoms with Crippen LogP contribution >= 0.6 is 0 Å². The fourth-order valence-electron chi connectivity index (χ4n) is 3.13. The third-order valence-electron chi connectivity index (χ3n) is 3.89. The molecule has 5 heteroatoms. The van der Waals surface area contributed by atoms with Gasteiger partial charge in [-0.2, -0.15) is 0 Å². The summed E-state index contributed by atoms with van der Waals surface area (Å²) in [7, 11) is 0. The molecule has 3 atom stereocenters. The number of hydrogen-bond donors (Lipinski definition) is 2. The maximum atomic E-state index is 11.5. The molecule has 0 aromatic heterocycles. The lowest BCUT2D eigenvalue weighted by atomic mass is 9.75. The van der Waals surface area contributed by atoms with Gasteiger partial charge in [-0.05, 0) is 24.2 Å². The summed E-state index contributed by atoms with van der Waals surface area (Å²) in [5, 5.41) is -0.907. The van der Waals surface area contributed by atoms with Crippen molar-refractivity contribution in [1.82, 2.24) is 0 Å². The molecule has 3 unspecified atom stereocenters. The van der Waals surface area contributed by atoms with Crippen LogP contribution in [0.15, 0.2) is 0 Å². The molecular weight excluding hydrogens is 250 g/mol. The van der Waals surface area contributed by atoms with Crippen LogP contribution in [0.4, 0.5) is 0 Å². The molecule has 0 aromatic carbocycles. The summed E-state index contributed by atoms with van der Waals surface area (Å²) in [6, 6.07) is 0. The van der Waals surface area contributed by atoms with Crippen LogP contribution in [0.1, 0.15) is 52.4 Å². The van der Waals surface area contributed by atoms with Crippen LogP contribution in [-0.4, -0.2) is 19.9 Å². The van der Waals surface area contributed by atoms with Crippen molar-refractivity contribution in [2.24, 2.45) is 23.5 Å². The molecule has 3 N–H and O–H groups in total. The molecule has 1 amide bonds. The summed E-state index contributed by atoms with van der Waals surface area (Å²) in [4.78, 5) is 11.5. The molecule has 0 bridgehead atoms. The lowest BCUT2D eigenvalue weighted by molar-refractivity contribution is -0.119. The minimum atomic E-state index is -2.16. The minimum absolute atomic E-state index is 0.0476. The Balaban J connectivity index is 2.86. The van der Waals surface area contributed by atoms with Crippen molar-refractivity contribution >= 4 is 17.0 Å². The van der Waals surface area contributed by atoms with E-state index in [1.807, 2.05) is 0 Å². The zero-order valence-corrected chi connectivity index (χ0v) is 12.1. The van der Waals surface area contributed by atoms with E-state index >= 15 is 0 Å². The second-order valence-corrected chi connectivity index (χ2v) is 6.85. The molecule has 1 aliphatic carbocycles. The summed E-state index contributed by atoms with van der Waals surface area (Å²) in [6.07, 6.45) is 6.45. The third kappa shape index (κ3) is 4.35. The fourth-order valence-corrected chi connectivity index (χ4v) is 3.96. The fraction of sp³-hybridized carbons (Fsp3) is 0.923. The SMILES string of the molecule is CC(C)CC(C1CCCCC1)C(C(N)=O)S(=O)O. The lowest BCUT2D eigenvalue weighted by Crippen LogP contribution is -2.43. The molecule has 0 aliphatic heterocycles. The van der Waals surface area contributed by atoms with E-state index in [1.54, 1.807) is 0 Å². The van der Waals surface area contributed by atoms with Gasteiger partial charge in [-0.3, -0.25) is 4.79 Å². The number of primary amides is 1. The van der Waals surface area contributed by atoms with Gasteiger partial charge in [-0.15, -0.1) is 0 Å². The van der Waals surface area contributed by atoms with Gasteiger partial charge in [-0.25, -0.2) is 4.21 Å². The highest BCUT2D eigenvalue weighted by Crippen LogP contribution is 2.36. The maximum Gasteiger partial charge on any atom is 0.235 e. The van der Waals surface area contributed by atoms with Crippen LogP contribution in [0, 0.1) is 17.8 Å². The number of rotatable bonds is 6. The first-order valence-electron chi connectivity index (χ1n) is 6.82. The topological polar surface area (TPSA) is 80.4 Å². The minimum Gasteiger partial charge on any atom is -0.369 e. The highest BCUT2D eigenvalue weighted by atomic mass is 32.2. The summed E-state index contributed by atoms with van der Waals surface area (Å²) < 4.78 is 20.8. The molecule has 1 aliphatic rings. The Kier molecular flexibility index (Phi) is 6.29. The second-order valence-electron chi connectivity index (χ2n) is 5.79. The van der Waals surface area contributed by atoms with Gasteiger partial charge < -0.3 is 10.3 Å². The Hall–Kier alpha value is -0.420.